The molecule has 2 N–H and O–H groups in total. The van der Waals surface area contributed by atoms with Crippen LogP contribution in [0.15, 0.2) is 66.0 Å². The number of thiophene rings is 1. The maximum atomic E-state index is 12.8. The first kappa shape index (κ1) is 23.9. The SMILES string of the molecule is Cn1c(C(=O)Nc2cccc(CCc3ccc(OC4CCN(C(=O)O)CC4)cc3)c2)cc2sccc21. The van der Waals surface area contributed by atoms with E-state index in [1.54, 1.807) is 11.3 Å². The molecule has 36 heavy (non-hydrogen) atoms. The Morgan fingerprint density at radius 3 is 2.50 bits per heavy atom. The number of carbonyl (C=O) groups excluding carboxylic acids is 1. The van der Waals surface area contributed by atoms with Crippen LogP contribution in [0.25, 0.3) is 10.2 Å². The lowest BCUT2D eigenvalue weighted by molar-refractivity contribution is 0.0894. The van der Waals surface area contributed by atoms with Gasteiger partial charge in [0.05, 0.1) is 10.2 Å². The van der Waals surface area contributed by atoms with E-state index in [0.717, 1.165) is 40.1 Å². The van der Waals surface area contributed by atoms with Gasteiger partial charge in [-0.3, -0.25) is 4.79 Å². The summed E-state index contributed by atoms with van der Waals surface area (Å²) in [7, 11) is 1.92. The van der Waals surface area contributed by atoms with Crippen molar-refractivity contribution in [2.75, 3.05) is 18.4 Å². The number of nitrogens with one attached hydrogen (secondary N) is 1. The first-order valence-corrected chi connectivity index (χ1v) is 13.0. The van der Waals surface area contributed by atoms with E-state index in [1.165, 1.54) is 10.5 Å². The van der Waals surface area contributed by atoms with Crippen molar-refractivity contribution >= 4 is 39.2 Å². The van der Waals surface area contributed by atoms with Crippen LogP contribution < -0.4 is 10.1 Å². The minimum Gasteiger partial charge on any atom is -0.490 e. The molecule has 2 aromatic carbocycles. The highest BCUT2D eigenvalue weighted by Crippen LogP contribution is 2.25. The van der Waals surface area contributed by atoms with Crippen LogP contribution in [0.1, 0.15) is 34.5 Å². The lowest BCUT2D eigenvalue weighted by atomic mass is 10.0. The second-order valence-corrected chi connectivity index (χ2v) is 10.1. The van der Waals surface area contributed by atoms with Crippen molar-refractivity contribution in [3.8, 4) is 5.75 Å². The summed E-state index contributed by atoms with van der Waals surface area (Å²) in [5.41, 5.74) is 4.88. The van der Waals surface area contributed by atoms with Gasteiger partial charge in [-0.1, -0.05) is 24.3 Å². The number of ether oxygens (including phenoxy) is 1. The summed E-state index contributed by atoms with van der Waals surface area (Å²) < 4.78 is 9.09. The van der Waals surface area contributed by atoms with Crippen molar-refractivity contribution in [2.45, 2.75) is 31.8 Å². The van der Waals surface area contributed by atoms with Gasteiger partial charge in [-0.15, -0.1) is 11.3 Å². The summed E-state index contributed by atoms with van der Waals surface area (Å²) in [4.78, 5) is 25.3. The summed E-state index contributed by atoms with van der Waals surface area (Å²) in [5, 5.41) is 14.1. The van der Waals surface area contributed by atoms with Crippen LogP contribution >= 0.6 is 11.3 Å². The third-order valence-corrected chi connectivity index (χ3v) is 7.58. The number of hydrogen-bond acceptors (Lipinski definition) is 4. The molecule has 5 rings (SSSR count). The zero-order valence-corrected chi connectivity index (χ0v) is 21.0. The first-order valence-electron chi connectivity index (χ1n) is 12.1. The molecule has 186 valence electrons. The van der Waals surface area contributed by atoms with E-state index in [4.69, 9.17) is 9.84 Å². The zero-order valence-electron chi connectivity index (χ0n) is 20.1. The summed E-state index contributed by atoms with van der Waals surface area (Å²) >= 11 is 1.63. The normalized spacial score (nSPS) is 14.2. The molecule has 0 radical (unpaired) electrons. The molecular weight excluding hydrogens is 474 g/mol. The predicted molar refractivity (Wildman–Crippen MR) is 142 cm³/mol. The van der Waals surface area contributed by atoms with Gasteiger partial charge in [0.2, 0.25) is 0 Å². The van der Waals surface area contributed by atoms with Gasteiger partial charge in [-0.2, -0.15) is 0 Å². The average Bonchev–Trinajstić information content (AvgIpc) is 3.47. The highest BCUT2D eigenvalue weighted by Gasteiger charge is 2.23. The molecule has 0 saturated carbocycles. The Morgan fingerprint density at radius 2 is 1.78 bits per heavy atom. The number of anilines is 1. The van der Waals surface area contributed by atoms with Crippen LogP contribution in [0.3, 0.4) is 0 Å². The molecule has 7 nitrogen and oxygen atoms in total. The quantitative estimate of drug-likeness (QED) is 0.334. The minimum absolute atomic E-state index is 0.0520. The van der Waals surface area contributed by atoms with Gasteiger partial charge < -0.3 is 24.6 Å². The standard InChI is InChI=1S/C28H29N3O4S/c1-30-24-13-16-36-26(24)18-25(30)27(32)29-21-4-2-3-20(17-21)6-5-19-7-9-22(10-8-19)35-23-11-14-31(15-12-23)28(33)34/h2-4,7-10,13,16-18,23H,5-6,11-12,14-15H2,1H3,(H,29,32)(H,33,34). The molecule has 0 unspecified atom stereocenters. The molecule has 1 aliphatic heterocycles. The van der Waals surface area contributed by atoms with E-state index < -0.39 is 6.09 Å². The average molecular weight is 504 g/mol. The molecule has 0 atom stereocenters. The summed E-state index contributed by atoms with van der Waals surface area (Å²) in [6.07, 6.45) is 2.35. The molecule has 0 bridgehead atoms. The molecule has 1 saturated heterocycles. The van der Waals surface area contributed by atoms with Gasteiger partial charge >= 0.3 is 6.09 Å². The molecule has 2 aromatic heterocycles. The van der Waals surface area contributed by atoms with Crippen molar-refractivity contribution in [2.24, 2.45) is 7.05 Å². The maximum absolute atomic E-state index is 12.8. The van der Waals surface area contributed by atoms with Gasteiger partial charge in [0.15, 0.2) is 0 Å². The molecular formula is C28H29N3O4S. The molecule has 2 amide bonds. The van der Waals surface area contributed by atoms with Crippen LogP contribution in [0.2, 0.25) is 0 Å². The van der Waals surface area contributed by atoms with Crippen molar-refractivity contribution in [3.63, 3.8) is 0 Å². The largest absolute Gasteiger partial charge is 0.490 e. The van der Waals surface area contributed by atoms with Crippen molar-refractivity contribution in [1.29, 1.82) is 0 Å². The van der Waals surface area contributed by atoms with E-state index in [2.05, 4.69) is 23.5 Å². The number of aromatic nitrogens is 1. The summed E-state index contributed by atoms with van der Waals surface area (Å²) in [6, 6.07) is 20.1. The number of carboxylic acid groups (broad SMARTS) is 1. The number of fused-ring (bicyclic) bond motifs is 1. The zero-order chi connectivity index (χ0) is 25.1. The molecule has 8 heteroatoms. The number of aryl methyl sites for hydroxylation is 3. The highest BCUT2D eigenvalue weighted by atomic mass is 32.1. The second kappa shape index (κ2) is 10.5. The van der Waals surface area contributed by atoms with Crippen LogP contribution in [-0.4, -0.2) is 45.8 Å². The topological polar surface area (TPSA) is 83.8 Å². The monoisotopic (exact) mass is 503 g/mol. The molecule has 4 aromatic rings. The van der Waals surface area contributed by atoms with Crippen LogP contribution in [0, 0.1) is 0 Å². The lowest BCUT2D eigenvalue weighted by Gasteiger charge is -2.30. The maximum Gasteiger partial charge on any atom is 0.407 e. The molecule has 0 spiro atoms. The number of hydrogen-bond donors (Lipinski definition) is 2. The lowest BCUT2D eigenvalue weighted by Crippen LogP contribution is -2.41. The fourth-order valence-electron chi connectivity index (χ4n) is 4.65. The van der Waals surface area contributed by atoms with Crippen LogP contribution in [0.5, 0.6) is 5.75 Å². The number of benzene rings is 2. The minimum atomic E-state index is -0.860. The fourth-order valence-corrected chi connectivity index (χ4v) is 5.50. The van der Waals surface area contributed by atoms with E-state index in [9.17, 15) is 9.59 Å². The summed E-state index contributed by atoms with van der Waals surface area (Å²) in [5.74, 6) is 0.708. The number of rotatable bonds is 7. The smallest absolute Gasteiger partial charge is 0.407 e. The number of piperidine rings is 1. The van der Waals surface area contributed by atoms with E-state index in [1.807, 2.05) is 59.5 Å². The molecule has 3 heterocycles. The van der Waals surface area contributed by atoms with Crippen LogP contribution in [0.4, 0.5) is 10.5 Å². The number of amides is 2. The summed E-state index contributed by atoms with van der Waals surface area (Å²) in [6.45, 7) is 1.03. The Kier molecular flexibility index (Phi) is 6.95. The number of carbonyl (C=O) groups is 2. The molecule has 0 aliphatic carbocycles. The Labute approximate surface area is 213 Å². The van der Waals surface area contributed by atoms with Gasteiger partial charge in [0, 0.05) is 38.7 Å². The Balaban J connectivity index is 1.14. The number of nitrogens with zero attached hydrogens (tertiary/aromatic N) is 2. The van der Waals surface area contributed by atoms with Crippen LogP contribution in [-0.2, 0) is 19.9 Å². The first-order chi connectivity index (χ1) is 17.5. The van der Waals surface area contributed by atoms with Crippen molar-refractivity contribution < 1.29 is 19.4 Å². The van der Waals surface area contributed by atoms with Gasteiger partial charge in [-0.05, 0) is 65.7 Å². The second-order valence-electron chi connectivity index (χ2n) is 9.14. The highest BCUT2D eigenvalue weighted by molar-refractivity contribution is 7.17. The number of likely N-dealkylation sites (tertiary alicyclic amines) is 1. The van der Waals surface area contributed by atoms with E-state index >= 15 is 0 Å². The fraction of sp³-hybridized carbons (Fsp3) is 0.286. The molecule has 1 aliphatic rings. The Bertz CT molecular complexity index is 1370. The van der Waals surface area contributed by atoms with Gasteiger partial charge in [0.25, 0.3) is 5.91 Å². The molecule has 1 fully saturated rings. The van der Waals surface area contributed by atoms with E-state index in [0.29, 0.717) is 31.6 Å². The Hall–Kier alpha value is -3.78. The predicted octanol–water partition coefficient (Wildman–Crippen LogP) is 5.80. The third kappa shape index (κ3) is 5.39. The van der Waals surface area contributed by atoms with Crippen molar-refractivity contribution in [3.05, 3.63) is 82.9 Å². The third-order valence-electron chi connectivity index (χ3n) is 6.72. The Morgan fingerprint density at radius 1 is 1.03 bits per heavy atom. The van der Waals surface area contributed by atoms with E-state index in [-0.39, 0.29) is 12.0 Å². The van der Waals surface area contributed by atoms with Crippen molar-refractivity contribution in [1.82, 2.24) is 9.47 Å². The van der Waals surface area contributed by atoms with Gasteiger partial charge in [-0.25, -0.2) is 4.79 Å². The van der Waals surface area contributed by atoms with Gasteiger partial charge in [0.1, 0.15) is 17.5 Å².